The SMILES string of the molecule is O=C(CC1(COc2ccc(F)cc2)CCN(C(=O)c2cccnc2Cl)CC1)N1CCOCC1. The van der Waals surface area contributed by atoms with Crippen LogP contribution in [0.15, 0.2) is 42.6 Å². The van der Waals surface area contributed by atoms with Gasteiger partial charge in [-0.05, 0) is 49.2 Å². The maximum atomic E-state index is 13.3. The van der Waals surface area contributed by atoms with E-state index in [-0.39, 0.29) is 22.8 Å². The monoisotopic (exact) mass is 475 g/mol. The van der Waals surface area contributed by atoms with Crippen molar-refractivity contribution < 1.29 is 23.5 Å². The highest BCUT2D eigenvalue weighted by molar-refractivity contribution is 6.32. The molecule has 2 aromatic rings. The van der Waals surface area contributed by atoms with E-state index in [1.54, 1.807) is 35.4 Å². The highest BCUT2D eigenvalue weighted by atomic mass is 35.5. The number of aromatic nitrogens is 1. The van der Waals surface area contributed by atoms with Crippen LogP contribution in [-0.2, 0) is 9.53 Å². The lowest BCUT2D eigenvalue weighted by Crippen LogP contribution is -2.49. The second-order valence-corrected chi connectivity index (χ2v) is 8.90. The molecular formula is C24H27ClFN3O4. The van der Waals surface area contributed by atoms with Crippen LogP contribution in [0.3, 0.4) is 0 Å². The minimum Gasteiger partial charge on any atom is -0.493 e. The smallest absolute Gasteiger partial charge is 0.256 e. The zero-order chi connectivity index (χ0) is 23.3. The first kappa shape index (κ1) is 23.4. The molecule has 7 nitrogen and oxygen atoms in total. The third-order valence-electron chi connectivity index (χ3n) is 6.35. The fraction of sp³-hybridized carbons (Fsp3) is 0.458. The highest BCUT2D eigenvalue weighted by Crippen LogP contribution is 2.37. The summed E-state index contributed by atoms with van der Waals surface area (Å²) in [6.45, 7) is 3.51. The Hall–Kier alpha value is -2.71. The zero-order valence-corrected chi connectivity index (χ0v) is 19.1. The van der Waals surface area contributed by atoms with Crippen molar-refractivity contribution in [1.29, 1.82) is 0 Å². The topological polar surface area (TPSA) is 72.0 Å². The molecule has 2 aliphatic heterocycles. The van der Waals surface area contributed by atoms with E-state index in [4.69, 9.17) is 21.1 Å². The van der Waals surface area contributed by atoms with E-state index in [9.17, 15) is 14.0 Å². The molecule has 0 spiro atoms. The summed E-state index contributed by atoms with van der Waals surface area (Å²) in [5.41, 5.74) is -0.0575. The lowest BCUT2D eigenvalue weighted by atomic mass is 9.75. The van der Waals surface area contributed by atoms with Crippen molar-refractivity contribution in [3.63, 3.8) is 0 Å². The van der Waals surface area contributed by atoms with Crippen LogP contribution in [0, 0.1) is 11.2 Å². The minimum absolute atomic E-state index is 0.0658. The first-order chi connectivity index (χ1) is 16.0. The first-order valence-corrected chi connectivity index (χ1v) is 11.5. The van der Waals surface area contributed by atoms with Crippen LogP contribution < -0.4 is 4.74 Å². The van der Waals surface area contributed by atoms with Crippen LogP contribution in [0.2, 0.25) is 5.15 Å². The van der Waals surface area contributed by atoms with Crippen molar-refractivity contribution in [3.8, 4) is 5.75 Å². The molecule has 1 aromatic heterocycles. The molecule has 1 aromatic carbocycles. The first-order valence-electron chi connectivity index (χ1n) is 11.1. The molecule has 3 heterocycles. The van der Waals surface area contributed by atoms with E-state index in [2.05, 4.69) is 4.98 Å². The van der Waals surface area contributed by atoms with Crippen molar-refractivity contribution in [2.45, 2.75) is 19.3 Å². The quantitative estimate of drug-likeness (QED) is 0.599. The van der Waals surface area contributed by atoms with Gasteiger partial charge in [0.1, 0.15) is 16.7 Å². The summed E-state index contributed by atoms with van der Waals surface area (Å²) in [4.78, 5) is 33.6. The Bertz CT molecular complexity index is 974. The molecule has 4 rings (SSSR count). The van der Waals surface area contributed by atoms with E-state index < -0.39 is 5.41 Å². The molecule has 0 atom stereocenters. The largest absolute Gasteiger partial charge is 0.493 e. The van der Waals surface area contributed by atoms with Crippen LogP contribution in [0.4, 0.5) is 4.39 Å². The predicted octanol–water partition coefficient (Wildman–Crippen LogP) is 3.42. The number of benzene rings is 1. The van der Waals surface area contributed by atoms with E-state index in [1.807, 2.05) is 4.90 Å². The summed E-state index contributed by atoms with van der Waals surface area (Å²) in [7, 11) is 0. The number of rotatable bonds is 6. The van der Waals surface area contributed by atoms with Gasteiger partial charge in [-0.3, -0.25) is 9.59 Å². The van der Waals surface area contributed by atoms with Gasteiger partial charge in [-0.25, -0.2) is 9.37 Å². The van der Waals surface area contributed by atoms with Gasteiger partial charge in [-0.2, -0.15) is 0 Å². The Kier molecular flexibility index (Phi) is 7.45. The van der Waals surface area contributed by atoms with Gasteiger partial charge in [0.05, 0.1) is 25.4 Å². The molecule has 2 amide bonds. The number of amides is 2. The number of pyridine rings is 1. The van der Waals surface area contributed by atoms with Gasteiger partial charge in [0.25, 0.3) is 5.91 Å². The number of hydrogen-bond donors (Lipinski definition) is 0. The molecule has 0 radical (unpaired) electrons. The lowest BCUT2D eigenvalue weighted by Gasteiger charge is -2.42. The van der Waals surface area contributed by atoms with Crippen molar-refractivity contribution in [2.24, 2.45) is 5.41 Å². The molecule has 0 N–H and O–H groups in total. The summed E-state index contributed by atoms with van der Waals surface area (Å²) in [5.74, 6) is 0.118. The summed E-state index contributed by atoms with van der Waals surface area (Å²) in [5, 5.41) is 0.182. The number of nitrogens with zero attached hydrogens (tertiary/aromatic N) is 3. The number of carbonyl (C=O) groups is 2. The van der Waals surface area contributed by atoms with Gasteiger partial charge in [-0.15, -0.1) is 0 Å². The Labute approximate surface area is 197 Å². The molecule has 0 bridgehead atoms. The van der Waals surface area contributed by atoms with Crippen LogP contribution in [0.5, 0.6) is 5.75 Å². The third-order valence-corrected chi connectivity index (χ3v) is 6.65. The van der Waals surface area contributed by atoms with Crippen LogP contribution in [-0.4, -0.2) is 72.6 Å². The summed E-state index contributed by atoms with van der Waals surface area (Å²) >= 11 is 6.11. The van der Waals surface area contributed by atoms with Crippen LogP contribution in [0.25, 0.3) is 0 Å². The number of likely N-dealkylation sites (tertiary alicyclic amines) is 1. The fourth-order valence-corrected chi connectivity index (χ4v) is 4.48. The molecule has 2 fully saturated rings. The van der Waals surface area contributed by atoms with Crippen molar-refractivity contribution in [2.75, 3.05) is 46.0 Å². The number of halogens is 2. The second kappa shape index (κ2) is 10.5. The van der Waals surface area contributed by atoms with E-state index in [1.165, 1.54) is 12.1 Å². The highest BCUT2D eigenvalue weighted by Gasteiger charge is 2.40. The third kappa shape index (κ3) is 5.81. The van der Waals surface area contributed by atoms with Gasteiger partial charge < -0.3 is 19.3 Å². The van der Waals surface area contributed by atoms with Crippen LogP contribution in [0.1, 0.15) is 29.6 Å². The summed E-state index contributed by atoms with van der Waals surface area (Å²) in [6.07, 6.45) is 3.08. The molecule has 2 saturated heterocycles. The van der Waals surface area contributed by atoms with Crippen molar-refractivity contribution >= 4 is 23.4 Å². The van der Waals surface area contributed by atoms with E-state index in [0.717, 1.165) is 0 Å². The van der Waals surface area contributed by atoms with Gasteiger partial charge in [0.15, 0.2) is 0 Å². The summed E-state index contributed by atoms with van der Waals surface area (Å²) < 4.78 is 24.6. The van der Waals surface area contributed by atoms with Gasteiger partial charge >= 0.3 is 0 Å². The van der Waals surface area contributed by atoms with E-state index in [0.29, 0.717) is 76.6 Å². The van der Waals surface area contributed by atoms with Gasteiger partial charge in [-0.1, -0.05) is 11.6 Å². The van der Waals surface area contributed by atoms with Crippen LogP contribution >= 0.6 is 11.6 Å². The molecular weight excluding hydrogens is 449 g/mol. The number of piperidine rings is 1. The van der Waals surface area contributed by atoms with Gasteiger partial charge in [0.2, 0.25) is 5.91 Å². The Morgan fingerprint density at radius 2 is 1.76 bits per heavy atom. The number of morpholine rings is 1. The Balaban J connectivity index is 1.45. The Morgan fingerprint density at radius 1 is 1.06 bits per heavy atom. The molecule has 33 heavy (non-hydrogen) atoms. The summed E-state index contributed by atoms with van der Waals surface area (Å²) in [6, 6.07) is 9.20. The molecule has 2 aliphatic rings. The molecule has 0 saturated carbocycles. The molecule has 0 unspecified atom stereocenters. The predicted molar refractivity (Wildman–Crippen MR) is 121 cm³/mol. The number of carbonyl (C=O) groups excluding carboxylic acids is 2. The average molecular weight is 476 g/mol. The molecule has 0 aliphatic carbocycles. The van der Waals surface area contributed by atoms with E-state index >= 15 is 0 Å². The molecule has 9 heteroatoms. The lowest BCUT2D eigenvalue weighted by molar-refractivity contribution is -0.139. The molecule has 176 valence electrons. The maximum Gasteiger partial charge on any atom is 0.256 e. The van der Waals surface area contributed by atoms with Crippen molar-refractivity contribution in [3.05, 3.63) is 59.1 Å². The number of hydrogen-bond acceptors (Lipinski definition) is 5. The average Bonchev–Trinajstić information content (AvgIpc) is 2.85. The number of ether oxygens (including phenoxy) is 2. The standard InChI is InChI=1S/C24H27ClFN3O4/c25-22-20(2-1-9-27-22)23(31)29-10-7-24(8-11-29,16-21(30)28-12-14-32-15-13-28)17-33-19-5-3-18(26)4-6-19/h1-6,9H,7-8,10-17H2. The maximum absolute atomic E-state index is 13.3. The van der Waals surface area contributed by atoms with Gasteiger partial charge in [0, 0.05) is 44.2 Å². The minimum atomic E-state index is -0.431. The fourth-order valence-electron chi connectivity index (χ4n) is 4.28. The Morgan fingerprint density at radius 3 is 2.42 bits per heavy atom. The second-order valence-electron chi connectivity index (χ2n) is 8.55. The normalized spacial score (nSPS) is 18.1. The zero-order valence-electron chi connectivity index (χ0n) is 18.3. The van der Waals surface area contributed by atoms with Crippen molar-refractivity contribution in [1.82, 2.24) is 14.8 Å².